The molecule has 0 aliphatic rings. The summed E-state index contributed by atoms with van der Waals surface area (Å²) in [5.41, 5.74) is 1.07. The first kappa shape index (κ1) is 12.7. The lowest BCUT2D eigenvalue weighted by Crippen LogP contribution is -2.17. The maximum absolute atomic E-state index is 4.00. The second-order valence-electron chi connectivity index (χ2n) is 2.95. The summed E-state index contributed by atoms with van der Waals surface area (Å²) in [5.74, 6) is 0.314. The van der Waals surface area contributed by atoms with Crippen LogP contribution in [-0.4, -0.2) is 13.6 Å². The molecule has 0 bridgehead atoms. The highest BCUT2D eigenvalue weighted by Crippen LogP contribution is 2.11. The van der Waals surface area contributed by atoms with Gasteiger partial charge in [-0.1, -0.05) is 56.2 Å². The van der Waals surface area contributed by atoms with Gasteiger partial charge in [0.25, 0.3) is 0 Å². The third-order valence-corrected chi connectivity index (χ3v) is 1.83. The Kier molecular flexibility index (Phi) is 7.48. The van der Waals surface area contributed by atoms with E-state index < -0.39 is 0 Å². The van der Waals surface area contributed by atoms with Gasteiger partial charge in [0.2, 0.25) is 0 Å². The van der Waals surface area contributed by atoms with E-state index in [0.717, 1.165) is 12.1 Å². The maximum atomic E-state index is 4.00. The first-order valence-electron chi connectivity index (χ1n) is 4.68. The van der Waals surface area contributed by atoms with Gasteiger partial charge in [0.05, 0.1) is 0 Å². The van der Waals surface area contributed by atoms with E-state index in [1.165, 1.54) is 0 Å². The van der Waals surface area contributed by atoms with Crippen LogP contribution in [0.15, 0.2) is 61.8 Å². The average molecular weight is 189 g/mol. The van der Waals surface area contributed by atoms with Crippen LogP contribution < -0.4 is 5.32 Å². The van der Waals surface area contributed by atoms with Gasteiger partial charge in [-0.15, -0.1) is 0 Å². The van der Waals surface area contributed by atoms with Crippen molar-refractivity contribution in [1.29, 1.82) is 0 Å². The van der Waals surface area contributed by atoms with E-state index in [1.807, 2.05) is 25.3 Å². The van der Waals surface area contributed by atoms with E-state index in [0.29, 0.717) is 5.92 Å². The van der Waals surface area contributed by atoms with Crippen LogP contribution >= 0.6 is 0 Å². The molecule has 14 heavy (non-hydrogen) atoms. The predicted octanol–water partition coefficient (Wildman–Crippen LogP) is 2.86. The second-order valence-corrected chi connectivity index (χ2v) is 2.95. The summed E-state index contributed by atoms with van der Waals surface area (Å²) in [6.07, 6.45) is 11.4. The molecule has 1 nitrogen and oxygen atoms in total. The summed E-state index contributed by atoms with van der Waals surface area (Å²) in [5, 5.41) is 3.13. The fraction of sp³-hybridized carbons (Fsp3) is 0.231. The lowest BCUT2D eigenvalue weighted by molar-refractivity contribution is 0.684. The Bertz CT molecular complexity index is 246. The van der Waals surface area contributed by atoms with Crippen molar-refractivity contribution in [2.75, 3.05) is 13.6 Å². The summed E-state index contributed by atoms with van der Waals surface area (Å²) in [6, 6.07) is 0. The van der Waals surface area contributed by atoms with Crippen LogP contribution in [0.2, 0.25) is 0 Å². The van der Waals surface area contributed by atoms with Gasteiger partial charge in [-0.05, 0) is 12.6 Å². The molecule has 0 aliphatic heterocycles. The SMILES string of the molecule is C=C/C=C\C(=C)C(/C=C\C=C)CNC. The molecule has 0 fully saturated rings. The molecule has 1 atom stereocenters. The summed E-state index contributed by atoms with van der Waals surface area (Å²) < 4.78 is 0. The number of rotatable bonds is 7. The van der Waals surface area contributed by atoms with Crippen molar-refractivity contribution in [3.8, 4) is 0 Å². The van der Waals surface area contributed by atoms with Crippen LogP contribution in [0.4, 0.5) is 0 Å². The number of hydrogen-bond acceptors (Lipinski definition) is 1. The topological polar surface area (TPSA) is 12.0 Å². The number of allylic oxidation sites excluding steroid dienone is 5. The lowest BCUT2D eigenvalue weighted by Gasteiger charge is -2.11. The first-order chi connectivity index (χ1) is 6.76. The normalized spacial score (nSPS) is 13.2. The molecule has 1 heteroatoms. The maximum Gasteiger partial charge on any atom is 0.0140 e. The Labute approximate surface area is 87.2 Å². The third-order valence-electron chi connectivity index (χ3n) is 1.83. The zero-order chi connectivity index (χ0) is 10.8. The largest absolute Gasteiger partial charge is 0.319 e. The highest BCUT2D eigenvalue weighted by atomic mass is 14.8. The molecule has 0 aliphatic carbocycles. The standard InChI is InChI=1S/C13H19N/c1-5-7-9-12(3)13(11-14-4)10-8-6-2/h5-10,13-14H,1-3,11H2,4H3/b9-7-,10-8-. The summed E-state index contributed by atoms with van der Waals surface area (Å²) >= 11 is 0. The molecule has 0 aromatic rings. The summed E-state index contributed by atoms with van der Waals surface area (Å²) in [4.78, 5) is 0. The zero-order valence-corrected chi connectivity index (χ0v) is 8.87. The van der Waals surface area contributed by atoms with Crippen molar-refractivity contribution in [2.45, 2.75) is 0 Å². The van der Waals surface area contributed by atoms with Crippen LogP contribution in [-0.2, 0) is 0 Å². The molecular formula is C13H19N. The Morgan fingerprint density at radius 1 is 1.29 bits per heavy atom. The first-order valence-corrected chi connectivity index (χ1v) is 4.68. The molecule has 0 spiro atoms. The van der Waals surface area contributed by atoms with Gasteiger partial charge in [-0.3, -0.25) is 0 Å². The highest BCUT2D eigenvalue weighted by Gasteiger charge is 2.04. The fourth-order valence-corrected chi connectivity index (χ4v) is 1.07. The minimum Gasteiger partial charge on any atom is -0.319 e. The Morgan fingerprint density at radius 2 is 1.93 bits per heavy atom. The van der Waals surface area contributed by atoms with E-state index in [2.05, 4.69) is 31.1 Å². The molecule has 0 saturated carbocycles. The monoisotopic (exact) mass is 189 g/mol. The Hall–Kier alpha value is -1.34. The number of nitrogens with one attached hydrogen (secondary N) is 1. The van der Waals surface area contributed by atoms with Crippen molar-refractivity contribution >= 4 is 0 Å². The predicted molar refractivity (Wildman–Crippen MR) is 65.2 cm³/mol. The molecule has 0 radical (unpaired) electrons. The van der Waals surface area contributed by atoms with Crippen LogP contribution in [0.3, 0.4) is 0 Å². The molecule has 76 valence electrons. The molecule has 0 amide bonds. The van der Waals surface area contributed by atoms with Crippen LogP contribution in [0, 0.1) is 5.92 Å². The highest BCUT2D eigenvalue weighted by molar-refractivity contribution is 5.25. The molecular weight excluding hydrogens is 170 g/mol. The van der Waals surface area contributed by atoms with Gasteiger partial charge in [0.1, 0.15) is 0 Å². The van der Waals surface area contributed by atoms with Gasteiger partial charge < -0.3 is 5.32 Å². The lowest BCUT2D eigenvalue weighted by atomic mass is 9.99. The molecule has 0 saturated heterocycles. The van der Waals surface area contributed by atoms with Crippen molar-refractivity contribution < 1.29 is 0 Å². The van der Waals surface area contributed by atoms with E-state index in [-0.39, 0.29) is 0 Å². The van der Waals surface area contributed by atoms with E-state index >= 15 is 0 Å². The zero-order valence-electron chi connectivity index (χ0n) is 8.87. The number of hydrogen-bond donors (Lipinski definition) is 1. The summed E-state index contributed by atoms with van der Waals surface area (Å²) in [6.45, 7) is 12.1. The van der Waals surface area contributed by atoms with Crippen LogP contribution in [0.25, 0.3) is 0 Å². The average Bonchev–Trinajstić information content (AvgIpc) is 2.20. The molecule has 0 rings (SSSR count). The quantitative estimate of drug-likeness (QED) is 0.607. The molecule has 0 aromatic heterocycles. The Balaban J connectivity index is 4.38. The van der Waals surface area contributed by atoms with Gasteiger partial charge in [-0.25, -0.2) is 0 Å². The van der Waals surface area contributed by atoms with Gasteiger partial charge in [-0.2, -0.15) is 0 Å². The molecule has 0 heterocycles. The fourth-order valence-electron chi connectivity index (χ4n) is 1.07. The van der Waals surface area contributed by atoms with Crippen molar-refractivity contribution in [2.24, 2.45) is 5.92 Å². The van der Waals surface area contributed by atoms with Gasteiger partial charge >= 0.3 is 0 Å². The Morgan fingerprint density at radius 3 is 2.43 bits per heavy atom. The van der Waals surface area contributed by atoms with Gasteiger partial charge in [0.15, 0.2) is 0 Å². The third kappa shape index (κ3) is 5.33. The molecule has 1 N–H and O–H groups in total. The van der Waals surface area contributed by atoms with Crippen LogP contribution in [0.5, 0.6) is 0 Å². The molecule has 1 unspecified atom stereocenters. The van der Waals surface area contributed by atoms with Crippen molar-refractivity contribution in [3.05, 3.63) is 61.8 Å². The van der Waals surface area contributed by atoms with E-state index in [4.69, 9.17) is 0 Å². The molecule has 0 aromatic carbocycles. The second kappa shape index (κ2) is 8.27. The smallest absolute Gasteiger partial charge is 0.0140 e. The minimum atomic E-state index is 0.314. The van der Waals surface area contributed by atoms with Crippen molar-refractivity contribution in [3.63, 3.8) is 0 Å². The van der Waals surface area contributed by atoms with Gasteiger partial charge in [0, 0.05) is 12.5 Å². The van der Waals surface area contributed by atoms with E-state index in [9.17, 15) is 0 Å². The van der Waals surface area contributed by atoms with Crippen molar-refractivity contribution in [1.82, 2.24) is 5.32 Å². The van der Waals surface area contributed by atoms with E-state index in [1.54, 1.807) is 12.2 Å². The summed E-state index contributed by atoms with van der Waals surface area (Å²) in [7, 11) is 1.93. The van der Waals surface area contributed by atoms with Crippen LogP contribution in [0.1, 0.15) is 0 Å². The minimum absolute atomic E-state index is 0.314.